The quantitative estimate of drug-likeness (QED) is 0.790. The molecule has 0 radical (unpaired) electrons. The van der Waals surface area contributed by atoms with E-state index in [0.29, 0.717) is 0 Å². The normalized spacial score (nSPS) is 28.9. The number of hydrogen-bond donors (Lipinski definition) is 1. The number of aliphatic carboxylic acids is 1. The fraction of sp³-hybridized carbons (Fsp3) is 0.923. The van der Waals surface area contributed by atoms with Crippen molar-refractivity contribution in [2.45, 2.75) is 64.1 Å². The monoisotopic (exact) mass is 275 g/mol. The van der Waals surface area contributed by atoms with Crippen LogP contribution in [0, 0.1) is 0 Å². The van der Waals surface area contributed by atoms with E-state index in [0.717, 1.165) is 33.0 Å². The third-order valence-corrected chi connectivity index (χ3v) is 2.92. The Balaban J connectivity index is 0.000000258. The molecule has 2 aliphatic rings. The molecule has 2 heterocycles. The van der Waals surface area contributed by atoms with Crippen LogP contribution in [0.4, 0.5) is 0 Å². The highest BCUT2D eigenvalue weighted by atomic mass is 16.8. The Morgan fingerprint density at radius 1 is 1.16 bits per heavy atom. The van der Waals surface area contributed by atoms with Gasteiger partial charge in [0.25, 0.3) is 0 Å². The highest BCUT2D eigenvalue weighted by Crippen LogP contribution is 2.20. The van der Waals surface area contributed by atoms with Crippen LogP contribution in [-0.2, 0) is 19.0 Å². The molecule has 2 fully saturated rings. The second-order valence-electron chi connectivity index (χ2n) is 4.72. The first-order chi connectivity index (χ1) is 9.09. The Bertz CT molecular complexity index is 228. The number of hydrogen-bond acceptors (Lipinski definition) is 6. The molecule has 1 N–H and O–H groups in total. The third-order valence-electron chi connectivity index (χ3n) is 2.92. The van der Waals surface area contributed by atoms with Crippen LogP contribution in [0.1, 0.15) is 45.4 Å². The van der Waals surface area contributed by atoms with Gasteiger partial charge in [-0.25, -0.2) is 0 Å². The molecule has 0 aromatic heterocycles. The molecule has 2 rings (SSSR count). The molecule has 2 saturated heterocycles. The molecule has 2 aliphatic heterocycles. The standard InChI is InChI=1S/C10H18O3.C3H6O3/c1-3-7-11-9(5-1)13-10-6-2-4-8-12-10;1-2(4)3(5)6/h9-10H,1-8H2;2,4H,1H3,(H,5,6)/p-1. The molecule has 0 aromatic carbocycles. The van der Waals surface area contributed by atoms with E-state index in [4.69, 9.17) is 19.3 Å². The highest BCUT2D eigenvalue weighted by Gasteiger charge is 2.21. The summed E-state index contributed by atoms with van der Waals surface area (Å²) in [6.45, 7) is 2.82. The van der Waals surface area contributed by atoms with Gasteiger partial charge in [-0.3, -0.25) is 0 Å². The lowest BCUT2D eigenvalue weighted by Crippen LogP contribution is -2.32. The van der Waals surface area contributed by atoms with Crippen LogP contribution in [0.2, 0.25) is 0 Å². The predicted molar refractivity (Wildman–Crippen MR) is 65.0 cm³/mol. The maximum absolute atomic E-state index is 9.34. The van der Waals surface area contributed by atoms with Gasteiger partial charge in [-0.1, -0.05) is 0 Å². The van der Waals surface area contributed by atoms with Crippen molar-refractivity contribution in [1.29, 1.82) is 0 Å². The largest absolute Gasteiger partial charge is 0.547 e. The van der Waals surface area contributed by atoms with Crippen molar-refractivity contribution in [3.63, 3.8) is 0 Å². The molecule has 0 saturated carbocycles. The van der Waals surface area contributed by atoms with E-state index in [-0.39, 0.29) is 12.6 Å². The van der Waals surface area contributed by atoms with Gasteiger partial charge in [0, 0.05) is 13.2 Å². The average Bonchev–Trinajstić information content (AvgIpc) is 2.41. The first kappa shape index (κ1) is 16.4. The fourth-order valence-electron chi connectivity index (χ4n) is 1.81. The summed E-state index contributed by atoms with van der Waals surface area (Å²) in [5.74, 6) is -1.44. The molecule has 3 unspecified atom stereocenters. The Kier molecular flexibility index (Phi) is 7.97. The van der Waals surface area contributed by atoms with E-state index in [1.165, 1.54) is 25.7 Å². The van der Waals surface area contributed by atoms with Crippen LogP contribution in [-0.4, -0.2) is 43.0 Å². The first-order valence-corrected chi connectivity index (χ1v) is 6.87. The number of aliphatic hydroxyl groups is 1. The molecule has 6 heteroatoms. The molecular formula is C13H23O6-. The van der Waals surface area contributed by atoms with Crippen molar-refractivity contribution in [2.24, 2.45) is 0 Å². The summed E-state index contributed by atoms with van der Waals surface area (Å²) in [5, 5.41) is 17.3. The topological polar surface area (TPSA) is 88.1 Å². The number of rotatable bonds is 3. The van der Waals surface area contributed by atoms with Gasteiger partial charge < -0.3 is 29.2 Å². The molecule has 3 atom stereocenters. The van der Waals surface area contributed by atoms with Gasteiger partial charge in [-0.2, -0.15) is 0 Å². The second kappa shape index (κ2) is 9.25. The molecule has 0 spiro atoms. The van der Waals surface area contributed by atoms with Crippen molar-refractivity contribution < 1.29 is 29.2 Å². The Morgan fingerprint density at radius 3 is 1.84 bits per heavy atom. The minimum atomic E-state index is -1.44. The van der Waals surface area contributed by atoms with Crippen molar-refractivity contribution >= 4 is 5.97 Å². The molecule has 0 amide bonds. The number of aliphatic hydroxyl groups excluding tert-OH is 1. The summed E-state index contributed by atoms with van der Waals surface area (Å²) in [7, 11) is 0. The van der Waals surface area contributed by atoms with Gasteiger partial charge in [-0.05, 0) is 45.4 Å². The SMILES string of the molecule is C1CCC(OC2CCCCO2)OC1.CC(O)C(=O)[O-]. The van der Waals surface area contributed by atoms with Crippen LogP contribution in [0.3, 0.4) is 0 Å². The van der Waals surface area contributed by atoms with E-state index in [9.17, 15) is 9.90 Å². The third kappa shape index (κ3) is 7.47. The summed E-state index contributed by atoms with van der Waals surface area (Å²) < 4.78 is 16.6. The molecule has 6 nitrogen and oxygen atoms in total. The van der Waals surface area contributed by atoms with Crippen molar-refractivity contribution in [3.05, 3.63) is 0 Å². The molecule has 19 heavy (non-hydrogen) atoms. The van der Waals surface area contributed by atoms with Crippen LogP contribution in [0.15, 0.2) is 0 Å². The minimum Gasteiger partial charge on any atom is -0.547 e. The molecule has 0 aromatic rings. The van der Waals surface area contributed by atoms with Crippen LogP contribution in [0.25, 0.3) is 0 Å². The maximum Gasteiger partial charge on any atom is 0.160 e. The minimum absolute atomic E-state index is 0.00292. The summed E-state index contributed by atoms with van der Waals surface area (Å²) in [5.41, 5.74) is 0. The van der Waals surface area contributed by atoms with Crippen LogP contribution >= 0.6 is 0 Å². The lowest BCUT2D eigenvalue weighted by Gasteiger charge is -2.29. The van der Waals surface area contributed by atoms with E-state index in [2.05, 4.69) is 0 Å². The van der Waals surface area contributed by atoms with E-state index in [1.54, 1.807) is 0 Å². The van der Waals surface area contributed by atoms with Crippen LogP contribution < -0.4 is 5.11 Å². The number of carbonyl (C=O) groups excluding carboxylic acids is 1. The van der Waals surface area contributed by atoms with Gasteiger partial charge in [0.05, 0.1) is 12.1 Å². The first-order valence-electron chi connectivity index (χ1n) is 6.87. The maximum atomic E-state index is 9.34. The zero-order chi connectivity index (χ0) is 14.1. The number of carbonyl (C=O) groups is 1. The van der Waals surface area contributed by atoms with E-state index >= 15 is 0 Å². The fourth-order valence-corrected chi connectivity index (χ4v) is 1.81. The Hall–Kier alpha value is -0.690. The second-order valence-corrected chi connectivity index (χ2v) is 4.72. The number of carboxylic acid groups (broad SMARTS) is 1. The predicted octanol–water partition coefficient (Wildman–Crippen LogP) is 0.173. The summed E-state index contributed by atoms with van der Waals surface area (Å²) in [4.78, 5) is 9.34. The van der Waals surface area contributed by atoms with Crippen molar-refractivity contribution in [2.75, 3.05) is 13.2 Å². The lowest BCUT2D eigenvalue weighted by atomic mass is 10.2. The summed E-state index contributed by atoms with van der Waals surface area (Å²) in [6, 6.07) is 0. The van der Waals surface area contributed by atoms with Crippen molar-refractivity contribution in [3.8, 4) is 0 Å². The number of ether oxygens (including phenoxy) is 3. The van der Waals surface area contributed by atoms with Gasteiger partial charge in [0.15, 0.2) is 12.6 Å². The zero-order valence-electron chi connectivity index (χ0n) is 11.4. The van der Waals surface area contributed by atoms with E-state index in [1.807, 2.05) is 0 Å². The molecule has 112 valence electrons. The molecule has 0 aliphatic carbocycles. The molecule has 0 bridgehead atoms. The zero-order valence-corrected chi connectivity index (χ0v) is 11.4. The van der Waals surface area contributed by atoms with Gasteiger partial charge in [0.1, 0.15) is 0 Å². The Labute approximate surface area is 113 Å². The van der Waals surface area contributed by atoms with Crippen LogP contribution in [0.5, 0.6) is 0 Å². The van der Waals surface area contributed by atoms with Gasteiger partial charge >= 0.3 is 0 Å². The lowest BCUT2D eigenvalue weighted by molar-refractivity contribution is -0.314. The summed E-state index contributed by atoms with van der Waals surface area (Å²) in [6.07, 6.45) is 5.49. The van der Waals surface area contributed by atoms with Crippen molar-refractivity contribution in [1.82, 2.24) is 0 Å². The highest BCUT2D eigenvalue weighted by molar-refractivity contribution is 5.68. The van der Waals surface area contributed by atoms with Gasteiger partial charge in [-0.15, -0.1) is 0 Å². The van der Waals surface area contributed by atoms with Gasteiger partial charge in [0.2, 0.25) is 0 Å². The smallest absolute Gasteiger partial charge is 0.160 e. The number of carboxylic acids is 1. The van der Waals surface area contributed by atoms with E-state index < -0.39 is 12.1 Å². The average molecular weight is 275 g/mol. The summed E-state index contributed by atoms with van der Waals surface area (Å²) >= 11 is 0. The molecular weight excluding hydrogens is 252 g/mol. The Morgan fingerprint density at radius 2 is 1.58 bits per heavy atom.